The van der Waals surface area contributed by atoms with Gasteiger partial charge in [-0.15, -0.1) is 0 Å². The van der Waals surface area contributed by atoms with Crippen LogP contribution in [0, 0.1) is 64.6 Å². The van der Waals surface area contributed by atoms with Gasteiger partial charge in [-0.3, -0.25) is 4.90 Å². The number of rotatable bonds is 3. The molecule has 1 spiro atoms. The highest BCUT2D eigenvalue weighted by molar-refractivity contribution is 8.76. The Morgan fingerprint density at radius 1 is 0.830 bits per heavy atom. The largest absolute Gasteiger partial charge is 0.393 e. The Morgan fingerprint density at radius 3 is 2.57 bits per heavy atom. The van der Waals surface area contributed by atoms with Gasteiger partial charge in [-0.05, 0) is 171 Å². The minimum absolute atomic E-state index is 0.157. The molecule has 4 nitrogen and oxygen atoms in total. The first-order valence-electron chi connectivity index (χ1n) is 21.7. The number of aliphatic hydroxyl groups excluding tert-OH is 2. The lowest BCUT2D eigenvalue weighted by Gasteiger charge is -2.62. The molecule has 2 saturated heterocycles. The molecule has 0 amide bonds. The van der Waals surface area contributed by atoms with Crippen LogP contribution in [0.5, 0.6) is 0 Å². The van der Waals surface area contributed by atoms with Crippen LogP contribution in [0.3, 0.4) is 0 Å². The smallest absolute Gasteiger partial charge is 0.0808 e. The normalized spacial score (nSPS) is 47.7. The summed E-state index contributed by atoms with van der Waals surface area (Å²) in [7, 11) is 4.13. The lowest BCUT2D eigenvalue weighted by Crippen LogP contribution is -2.70. The van der Waals surface area contributed by atoms with E-state index in [-0.39, 0.29) is 29.6 Å². The number of allylic oxidation sites excluding steroid dienone is 2. The summed E-state index contributed by atoms with van der Waals surface area (Å²) in [5.41, 5.74) is 4.04. The van der Waals surface area contributed by atoms with Gasteiger partial charge in [-0.1, -0.05) is 88.3 Å². The van der Waals surface area contributed by atoms with Gasteiger partial charge in [0.2, 0.25) is 0 Å². The number of fused-ring (bicyclic) bond motifs is 10. The molecule has 6 heteroatoms. The van der Waals surface area contributed by atoms with E-state index in [1.165, 1.54) is 43.2 Å². The van der Waals surface area contributed by atoms with Gasteiger partial charge < -0.3 is 15.3 Å². The number of aliphatic hydroxyl groups is 3. The maximum Gasteiger partial charge on any atom is 0.0808 e. The van der Waals surface area contributed by atoms with Crippen LogP contribution in [0.4, 0.5) is 0 Å². The van der Waals surface area contributed by atoms with E-state index >= 15 is 0 Å². The fourth-order valence-corrected chi connectivity index (χ4v) is 18.0. The molecule has 3 N–H and O–H groups in total. The van der Waals surface area contributed by atoms with Gasteiger partial charge in [0.25, 0.3) is 0 Å². The van der Waals surface area contributed by atoms with Crippen molar-refractivity contribution in [1.29, 1.82) is 0 Å². The average molecular weight is 754 g/mol. The maximum atomic E-state index is 13.0. The van der Waals surface area contributed by atoms with E-state index in [0.29, 0.717) is 59.2 Å². The Morgan fingerprint density at radius 2 is 1.68 bits per heavy atom. The van der Waals surface area contributed by atoms with Crippen molar-refractivity contribution in [3.8, 4) is 0 Å². The molecule has 3 aliphatic heterocycles. The molecule has 6 fully saturated rings. The lowest BCUT2D eigenvalue weighted by molar-refractivity contribution is -0.191. The number of benzene rings is 2. The second kappa shape index (κ2) is 14.3. The number of nitrogens with zero attached hydrogens (tertiary/aromatic N) is 1. The lowest BCUT2D eigenvalue weighted by atomic mass is 9.47. The van der Waals surface area contributed by atoms with Crippen LogP contribution in [0.15, 0.2) is 66.7 Å². The Labute approximate surface area is 326 Å². The zero-order valence-electron chi connectivity index (χ0n) is 31.9. The first-order valence-corrected chi connectivity index (χ1v) is 24.2. The molecule has 286 valence electrons. The summed E-state index contributed by atoms with van der Waals surface area (Å²) in [5.74, 6) is 8.14. The third-order valence-electron chi connectivity index (χ3n) is 17.3. The molecular weight excluding hydrogens is 691 g/mol. The van der Waals surface area contributed by atoms with Crippen LogP contribution in [0.1, 0.15) is 100 Å². The molecule has 2 aromatic carbocycles. The van der Waals surface area contributed by atoms with Crippen molar-refractivity contribution < 1.29 is 15.3 Å². The Bertz CT molecular complexity index is 1650. The summed E-state index contributed by atoms with van der Waals surface area (Å²) >= 11 is 0. The Balaban J connectivity index is 0.933. The first kappa shape index (κ1) is 36.1. The highest BCUT2D eigenvalue weighted by Crippen LogP contribution is 2.72. The molecule has 1 unspecified atom stereocenters. The molecule has 10 rings (SSSR count). The SMILES string of the molecule is C[C@@]1(O)[C@@H]2CC[C@@H]3[C@H]4C[C@H](O)[C@@H]5C[C@@H](O)CC[C@]56CC=CC([C@@H]3[C@@H]2CN2C[C@H]3CC[C@H](CCc5ccccc5)c5ccccc5CSSC[C@H](C3)[C@H]21)[C@@H]46. The summed E-state index contributed by atoms with van der Waals surface area (Å²) in [5, 5.41) is 35.5. The predicted molar refractivity (Wildman–Crippen MR) is 218 cm³/mol. The molecule has 16 atom stereocenters. The summed E-state index contributed by atoms with van der Waals surface area (Å²) in [4.78, 5) is 2.87. The topological polar surface area (TPSA) is 63.9 Å². The zero-order chi connectivity index (χ0) is 35.9. The van der Waals surface area contributed by atoms with Crippen LogP contribution in [-0.2, 0) is 12.2 Å². The van der Waals surface area contributed by atoms with Gasteiger partial charge in [-0.25, -0.2) is 0 Å². The van der Waals surface area contributed by atoms with Crippen LogP contribution in [-0.4, -0.2) is 62.9 Å². The maximum absolute atomic E-state index is 13.0. The number of hydrogen-bond donors (Lipinski definition) is 3. The van der Waals surface area contributed by atoms with Crippen LogP contribution in [0.25, 0.3) is 0 Å². The molecule has 0 aromatic heterocycles. The summed E-state index contributed by atoms with van der Waals surface area (Å²) in [6.45, 7) is 4.56. The van der Waals surface area contributed by atoms with E-state index < -0.39 is 5.60 Å². The molecule has 3 heterocycles. The monoisotopic (exact) mass is 753 g/mol. The van der Waals surface area contributed by atoms with Gasteiger partial charge in [0.15, 0.2) is 0 Å². The molecule has 2 aromatic rings. The molecule has 8 aliphatic rings. The molecule has 5 aliphatic carbocycles. The number of aryl methyl sites for hydroxylation is 1. The van der Waals surface area contributed by atoms with Crippen LogP contribution >= 0.6 is 21.6 Å². The summed E-state index contributed by atoms with van der Waals surface area (Å²) in [6.07, 6.45) is 17.9. The second-order valence-electron chi connectivity index (χ2n) is 19.6. The highest BCUT2D eigenvalue weighted by Gasteiger charge is 2.69. The van der Waals surface area contributed by atoms with E-state index in [1.807, 2.05) is 10.8 Å². The summed E-state index contributed by atoms with van der Waals surface area (Å²) < 4.78 is 0. The van der Waals surface area contributed by atoms with Gasteiger partial charge in [-0.2, -0.15) is 0 Å². The standard InChI is InChI=1S/C47H63NO3S2/c1-46(51)40-18-17-36-38-24-42(50)41-23-34(49)19-21-47(41)20-7-12-37(44(38)47)43(36)39(40)26-48-25-30-14-16-31(15-13-29-8-3-2-4-9-29)35-11-6-5-10-32(35)27-52-53-28-33(22-30)45(46)48/h2-12,30-31,33-34,36-45,49-51H,13-28H2,1H3/t30-,31-,33-,34-,36+,37?,38+,39+,40+,41-,42-,43+,44-,45-,46+,47+/m0/s1. The van der Waals surface area contributed by atoms with Gasteiger partial charge >= 0.3 is 0 Å². The van der Waals surface area contributed by atoms with E-state index in [2.05, 4.69) is 89.4 Å². The van der Waals surface area contributed by atoms with Crippen molar-refractivity contribution >= 4 is 21.6 Å². The highest BCUT2D eigenvalue weighted by atomic mass is 33.1. The fourth-order valence-electron chi connectivity index (χ4n) is 15.5. The Hall–Kier alpha value is -1.28. The first-order chi connectivity index (χ1) is 25.8. The zero-order valence-corrected chi connectivity index (χ0v) is 33.5. The third-order valence-corrected chi connectivity index (χ3v) is 19.7. The fraction of sp³-hybridized carbons (Fsp3) is 0.702. The van der Waals surface area contributed by atoms with E-state index in [4.69, 9.17) is 0 Å². The van der Waals surface area contributed by atoms with Gasteiger partial charge in [0, 0.05) is 30.6 Å². The van der Waals surface area contributed by atoms with Crippen LogP contribution in [0.2, 0.25) is 0 Å². The molecule has 0 radical (unpaired) electrons. The average Bonchev–Trinajstić information content (AvgIpc) is 3.49. The van der Waals surface area contributed by atoms with Gasteiger partial charge in [0.05, 0.1) is 17.8 Å². The molecule has 53 heavy (non-hydrogen) atoms. The quantitative estimate of drug-likeness (QED) is 0.215. The van der Waals surface area contributed by atoms with E-state index in [1.54, 1.807) is 5.56 Å². The summed E-state index contributed by atoms with van der Waals surface area (Å²) in [6, 6.07) is 20.7. The Kier molecular flexibility index (Phi) is 9.72. The van der Waals surface area contributed by atoms with E-state index in [9.17, 15) is 15.3 Å². The molecular formula is C47H63NO3S2. The number of hydrogen-bond acceptors (Lipinski definition) is 6. The van der Waals surface area contributed by atoms with Crippen molar-refractivity contribution in [3.63, 3.8) is 0 Å². The van der Waals surface area contributed by atoms with Crippen molar-refractivity contribution in [2.45, 2.75) is 119 Å². The van der Waals surface area contributed by atoms with Crippen molar-refractivity contribution in [3.05, 3.63) is 83.4 Å². The van der Waals surface area contributed by atoms with Crippen molar-refractivity contribution in [2.24, 2.45) is 64.6 Å². The minimum Gasteiger partial charge on any atom is -0.393 e. The molecule has 2 bridgehead atoms. The van der Waals surface area contributed by atoms with Crippen LogP contribution < -0.4 is 0 Å². The number of piperidine rings is 2. The third kappa shape index (κ3) is 6.08. The van der Waals surface area contributed by atoms with Gasteiger partial charge in [0.1, 0.15) is 0 Å². The van der Waals surface area contributed by atoms with E-state index in [0.717, 1.165) is 69.5 Å². The van der Waals surface area contributed by atoms with Crippen molar-refractivity contribution in [1.82, 2.24) is 4.90 Å². The minimum atomic E-state index is -0.683. The van der Waals surface area contributed by atoms with Crippen molar-refractivity contribution in [2.75, 3.05) is 18.8 Å². The molecule has 4 saturated carbocycles. The predicted octanol–water partition coefficient (Wildman–Crippen LogP) is 9.14. The second-order valence-corrected chi connectivity index (χ2v) is 22.1.